The first kappa shape index (κ1) is 22.0. The molecule has 1 N–H and O–H groups in total. The summed E-state index contributed by atoms with van der Waals surface area (Å²) in [5, 5.41) is 3.64. The number of methoxy groups -OCH3 is 1. The molecule has 2 aromatic rings. The average Bonchev–Trinajstić information content (AvgIpc) is 3.05. The van der Waals surface area contributed by atoms with E-state index in [0.29, 0.717) is 56.8 Å². The van der Waals surface area contributed by atoms with Gasteiger partial charge in [-0.3, -0.25) is 4.79 Å². The number of Topliss-reactive ketones (excluding diaryl/α,β-unsaturated/α-hetero) is 1. The normalized spacial score (nSPS) is 17.0. The number of halogens is 1. The molecule has 0 saturated heterocycles. The van der Waals surface area contributed by atoms with Gasteiger partial charge in [-0.1, -0.05) is 35.9 Å². The van der Waals surface area contributed by atoms with Crippen molar-refractivity contribution >= 4 is 29.1 Å². The van der Waals surface area contributed by atoms with Gasteiger partial charge in [0, 0.05) is 33.5 Å². The van der Waals surface area contributed by atoms with Crippen molar-refractivity contribution in [3.63, 3.8) is 0 Å². The van der Waals surface area contributed by atoms with E-state index in [1.807, 2.05) is 25.1 Å². The maximum Gasteiger partial charge on any atom is 0.336 e. The van der Waals surface area contributed by atoms with E-state index in [-0.39, 0.29) is 12.4 Å². The van der Waals surface area contributed by atoms with Gasteiger partial charge in [-0.2, -0.15) is 0 Å². The van der Waals surface area contributed by atoms with E-state index in [0.717, 1.165) is 5.56 Å². The second-order valence-corrected chi connectivity index (χ2v) is 7.85. The van der Waals surface area contributed by atoms with Crippen LogP contribution in [0.2, 0.25) is 5.02 Å². The number of ketones is 1. The van der Waals surface area contributed by atoms with Crippen LogP contribution < -0.4 is 14.8 Å². The fourth-order valence-corrected chi connectivity index (χ4v) is 4.58. The fraction of sp³-hybridized carbons (Fsp3) is 0.280. The van der Waals surface area contributed by atoms with Crippen LogP contribution in [0, 0.1) is 0 Å². The van der Waals surface area contributed by atoms with Gasteiger partial charge in [0.25, 0.3) is 0 Å². The Morgan fingerprint density at radius 2 is 1.81 bits per heavy atom. The van der Waals surface area contributed by atoms with Gasteiger partial charge in [-0.15, -0.1) is 0 Å². The third-order valence-corrected chi connectivity index (χ3v) is 5.97. The first-order valence-corrected chi connectivity index (χ1v) is 10.8. The summed E-state index contributed by atoms with van der Waals surface area (Å²) in [7, 11) is 1.53. The molecular weight excluding hydrogens is 430 g/mol. The Morgan fingerprint density at radius 3 is 2.47 bits per heavy atom. The van der Waals surface area contributed by atoms with Crippen LogP contribution in [-0.4, -0.2) is 32.1 Å². The Balaban J connectivity index is 1.96. The van der Waals surface area contributed by atoms with Gasteiger partial charge in [-0.05, 0) is 32.4 Å². The first-order valence-electron chi connectivity index (χ1n) is 10.5. The number of carbonyl (C=O) groups is 2. The standard InChI is InChI=1S/C25H24ClNO5/c1-5-31-19-12-17(26)16(11-18(19)30-4)21-20(25(29)32-6-2)13(3)27-23-14-9-7-8-10-15(14)24(28)22(21)23/h7-12,21,27H,5-6H2,1-4H3/t21-/m1/s1. The fourth-order valence-electron chi connectivity index (χ4n) is 4.32. The second-order valence-electron chi connectivity index (χ2n) is 7.44. The van der Waals surface area contributed by atoms with Gasteiger partial charge in [0.15, 0.2) is 17.3 Å². The largest absolute Gasteiger partial charge is 0.493 e. The van der Waals surface area contributed by atoms with Crippen molar-refractivity contribution in [2.24, 2.45) is 0 Å². The Morgan fingerprint density at radius 1 is 1.09 bits per heavy atom. The van der Waals surface area contributed by atoms with Crippen LogP contribution in [-0.2, 0) is 9.53 Å². The summed E-state index contributed by atoms with van der Waals surface area (Å²) < 4.78 is 16.5. The molecule has 0 aromatic heterocycles. The molecule has 2 aromatic carbocycles. The third-order valence-electron chi connectivity index (χ3n) is 5.64. The number of rotatable bonds is 6. The SMILES string of the molecule is CCOC(=O)C1=C(C)NC2=C(C(=O)c3ccccc32)[C@@H]1c1cc(OC)c(OCC)cc1Cl. The van der Waals surface area contributed by atoms with Crippen LogP contribution in [0.4, 0.5) is 0 Å². The lowest BCUT2D eigenvalue weighted by Gasteiger charge is -2.30. The van der Waals surface area contributed by atoms with Crippen molar-refractivity contribution in [3.05, 3.63) is 75.0 Å². The summed E-state index contributed by atoms with van der Waals surface area (Å²) in [6, 6.07) is 10.8. The van der Waals surface area contributed by atoms with Crippen LogP contribution in [0.5, 0.6) is 11.5 Å². The highest BCUT2D eigenvalue weighted by Crippen LogP contribution is 2.49. The van der Waals surface area contributed by atoms with E-state index in [9.17, 15) is 9.59 Å². The molecule has 32 heavy (non-hydrogen) atoms. The molecule has 7 heteroatoms. The minimum atomic E-state index is -0.720. The van der Waals surface area contributed by atoms with Crippen molar-refractivity contribution in [1.82, 2.24) is 5.32 Å². The maximum atomic E-state index is 13.5. The highest BCUT2D eigenvalue weighted by atomic mass is 35.5. The lowest BCUT2D eigenvalue weighted by Crippen LogP contribution is -2.29. The van der Waals surface area contributed by atoms with Gasteiger partial charge < -0.3 is 19.5 Å². The molecule has 0 unspecified atom stereocenters. The number of hydrogen-bond donors (Lipinski definition) is 1. The maximum absolute atomic E-state index is 13.5. The highest BCUT2D eigenvalue weighted by molar-refractivity contribution is 6.32. The topological polar surface area (TPSA) is 73.9 Å². The van der Waals surface area contributed by atoms with E-state index in [4.69, 9.17) is 25.8 Å². The molecule has 1 aliphatic carbocycles. The first-order chi connectivity index (χ1) is 15.4. The number of benzene rings is 2. The predicted molar refractivity (Wildman–Crippen MR) is 122 cm³/mol. The smallest absolute Gasteiger partial charge is 0.336 e. The van der Waals surface area contributed by atoms with Crippen molar-refractivity contribution in [2.75, 3.05) is 20.3 Å². The monoisotopic (exact) mass is 453 g/mol. The minimum absolute atomic E-state index is 0.147. The number of ether oxygens (including phenoxy) is 3. The second kappa shape index (κ2) is 8.71. The highest BCUT2D eigenvalue weighted by Gasteiger charge is 2.43. The molecule has 6 nitrogen and oxygen atoms in total. The van der Waals surface area contributed by atoms with Gasteiger partial charge in [0.05, 0.1) is 37.5 Å². The summed E-state index contributed by atoms with van der Waals surface area (Å²) in [5.41, 5.74) is 4.07. The molecule has 0 spiro atoms. The molecule has 0 radical (unpaired) electrons. The zero-order valence-electron chi connectivity index (χ0n) is 18.4. The van der Waals surface area contributed by atoms with Crippen molar-refractivity contribution < 1.29 is 23.8 Å². The molecule has 0 bridgehead atoms. The third kappa shape index (κ3) is 3.45. The molecule has 1 aliphatic heterocycles. The van der Waals surface area contributed by atoms with Gasteiger partial charge in [-0.25, -0.2) is 4.79 Å². The lowest BCUT2D eigenvalue weighted by molar-refractivity contribution is -0.138. The van der Waals surface area contributed by atoms with Crippen LogP contribution in [0.25, 0.3) is 5.70 Å². The summed E-state index contributed by atoms with van der Waals surface area (Å²) in [5.74, 6) is -0.405. The molecule has 1 heterocycles. The van der Waals surface area contributed by atoms with E-state index in [2.05, 4.69) is 5.32 Å². The quantitative estimate of drug-likeness (QED) is 0.628. The molecular formula is C25H24ClNO5. The number of esters is 1. The summed E-state index contributed by atoms with van der Waals surface area (Å²) in [6.07, 6.45) is 0. The molecule has 0 amide bonds. The van der Waals surface area contributed by atoms with E-state index < -0.39 is 11.9 Å². The summed E-state index contributed by atoms with van der Waals surface area (Å²) in [4.78, 5) is 26.6. The molecule has 4 rings (SSSR count). The zero-order chi connectivity index (χ0) is 23.0. The van der Waals surface area contributed by atoms with Crippen molar-refractivity contribution in [1.29, 1.82) is 0 Å². The molecule has 0 fully saturated rings. The van der Waals surface area contributed by atoms with Crippen LogP contribution >= 0.6 is 11.6 Å². The predicted octanol–water partition coefficient (Wildman–Crippen LogP) is 4.88. The van der Waals surface area contributed by atoms with Gasteiger partial charge >= 0.3 is 5.97 Å². The number of nitrogens with one attached hydrogen (secondary N) is 1. The average molecular weight is 454 g/mol. The molecule has 1 atom stereocenters. The van der Waals surface area contributed by atoms with Crippen molar-refractivity contribution in [2.45, 2.75) is 26.7 Å². The lowest BCUT2D eigenvalue weighted by atomic mass is 9.79. The van der Waals surface area contributed by atoms with Gasteiger partial charge in [0.2, 0.25) is 0 Å². The van der Waals surface area contributed by atoms with Crippen LogP contribution in [0.3, 0.4) is 0 Å². The summed E-state index contributed by atoms with van der Waals surface area (Å²) in [6.45, 7) is 6.06. The molecule has 0 saturated carbocycles. The molecule has 166 valence electrons. The summed E-state index contributed by atoms with van der Waals surface area (Å²) >= 11 is 6.71. The Kier molecular flexibility index (Phi) is 5.98. The Labute approximate surface area is 191 Å². The van der Waals surface area contributed by atoms with E-state index in [1.54, 1.807) is 32.0 Å². The minimum Gasteiger partial charge on any atom is -0.493 e. The number of carbonyl (C=O) groups excluding carboxylic acids is 2. The van der Waals surface area contributed by atoms with E-state index >= 15 is 0 Å². The zero-order valence-corrected chi connectivity index (χ0v) is 19.1. The van der Waals surface area contributed by atoms with E-state index in [1.165, 1.54) is 7.11 Å². The Bertz CT molecular complexity index is 1180. The molecule has 2 aliphatic rings. The van der Waals surface area contributed by atoms with Crippen molar-refractivity contribution in [3.8, 4) is 11.5 Å². The van der Waals surface area contributed by atoms with Gasteiger partial charge in [0.1, 0.15) is 0 Å². The number of fused-ring (bicyclic) bond motifs is 2. The number of hydrogen-bond acceptors (Lipinski definition) is 6. The Hall–Kier alpha value is -3.25. The number of allylic oxidation sites excluding steroid dienone is 2. The number of dihydropyridines is 1. The van der Waals surface area contributed by atoms with Crippen LogP contribution in [0.15, 0.2) is 53.2 Å². The van der Waals surface area contributed by atoms with Crippen LogP contribution in [0.1, 0.15) is 48.2 Å².